The van der Waals surface area contributed by atoms with Crippen molar-refractivity contribution in [1.82, 2.24) is 0 Å². The molecule has 3 aliphatic heterocycles. The molecule has 5 rings (SSSR count). The minimum Gasteiger partial charge on any atom is -0.508 e. The lowest BCUT2D eigenvalue weighted by molar-refractivity contribution is -0.142. The number of aromatic hydroxyl groups is 1. The van der Waals surface area contributed by atoms with Gasteiger partial charge in [-0.25, -0.2) is 0 Å². The molecule has 1 saturated heterocycles. The Bertz CT molecular complexity index is 951. The SMILES string of the molecule is CC1(c2cccc(O)c2)c2cc3c(cc2N=C2COC(=O)C21)OCO3. The van der Waals surface area contributed by atoms with Gasteiger partial charge in [-0.1, -0.05) is 19.1 Å². The first-order valence-corrected chi connectivity index (χ1v) is 8.05. The lowest BCUT2D eigenvalue weighted by Crippen LogP contribution is -2.42. The molecule has 0 radical (unpaired) electrons. The van der Waals surface area contributed by atoms with E-state index in [9.17, 15) is 9.90 Å². The molecule has 2 unspecified atom stereocenters. The van der Waals surface area contributed by atoms with Gasteiger partial charge in [-0.3, -0.25) is 9.79 Å². The molecule has 0 aromatic heterocycles. The number of cyclic esters (lactones) is 1. The normalized spacial score (nSPS) is 25.9. The van der Waals surface area contributed by atoms with Crippen molar-refractivity contribution >= 4 is 17.4 Å². The van der Waals surface area contributed by atoms with E-state index in [0.717, 1.165) is 16.8 Å². The van der Waals surface area contributed by atoms with Crippen LogP contribution in [-0.2, 0) is 14.9 Å². The van der Waals surface area contributed by atoms with Gasteiger partial charge in [0, 0.05) is 11.5 Å². The lowest BCUT2D eigenvalue weighted by atomic mass is 9.64. The number of hydrogen-bond donors (Lipinski definition) is 1. The second kappa shape index (κ2) is 4.75. The molecular weight excluding hydrogens is 322 g/mol. The number of carbonyl (C=O) groups excluding carboxylic acids is 1. The van der Waals surface area contributed by atoms with Gasteiger partial charge >= 0.3 is 5.97 Å². The minimum absolute atomic E-state index is 0.149. The second-order valence-electron chi connectivity index (χ2n) is 6.62. The van der Waals surface area contributed by atoms with Crippen molar-refractivity contribution in [3.05, 3.63) is 47.5 Å². The molecular formula is C19H15NO5. The third-order valence-corrected chi connectivity index (χ3v) is 5.27. The van der Waals surface area contributed by atoms with Crippen LogP contribution in [0.5, 0.6) is 17.2 Å². The standard InChI is InChI=1S/C19H15NO5/c1-19(10-3-2-4-11(21)5-10)12-6-15-16(25-9-24-15)7-13(12)20-14-8-23-18(22)17(14)19/h2-7,17,21H,8-9H2,1H3. The first kappa shape index (κ1) is 14.3. The third kappa shape index (κ3) is 1.85. The highest BCUT2D eigenvalue weighted by atomic mass is 16.7. The van der Waals surface area contributed by atoms with Crippen LogP contribution in [0.4, 0.5) is 5.69 Å². The van der Waals surface area contributed by atoms with Gasteiger partial charge < -0.3 is 19.3 Å². The number of carbonyl (C=O) groups is 1. The Labute approximate surface area is 143 Å². The van der Waals surface area contributed by atoms with Gasteiger partial charge in [0.2, 0.25) is 6.79 Å². The maximum atomic E-state index is 12.5. The van der Waals surface area contributed by atoms with Crippen molar-refractivity contribution in [2.45, 2.75) is 12.3 Å². The molecule has 6 nitrogen and oxygen atoms in total. The van der Waals surface area contributed by atoms with Gasteiger partial charge in [-0.2, -0.15) is 0 Å². The first-order chi connectivity index (χ1) is 12.1. The number of nitrogens with zero attached hydrogens (tertiary/aromatic N) is 1. The van der Waals surface area contributed by atoms with E-state index in [0.29, 0.717) is 17.2 Å². The summed E-state index contributed by atoms with van der Waals surface area (Å²) in [6.07, 6.45) is 0. The Hall–Kier alpha value is -3.02. The Morgan fingerprint density at radius 3 is 2.76 bits per heavy atom. The number of benzene rings is 2. The van der Waals surface area contributed by atoms with Crippen molar-refractivity contribution in [2.24, 2.45) is 10.9 Å². The van der Waals surface area contributed by atoms with Gasteiger partial charge in [0.1, 0.15) is 18.3 Å². The summed E-state index contributed by atoms with van der Waals surface area (Å²) in [5, 5.41) is 9.98. The molecule has 0 amide bonds. The Morgan fingerprint density at radius 1 is 1.16 bits per heavy atom. The number of ether oxygens (including phenoxy) is 3. The zero-order valence-corrected chi connectivity index (χ0v) is 13.5. The maximum Gasteiger partial charge on any atom is 0.316 e. The predicted molar refractivity (Wildman–Crippen MR) is 88.7 cm³/mol. The molecule has 3 aliphatic rings. The Morgan fingerprint density at radius 2 is 1.96 bits per heavy atom. The number of phenols is 1. The fraction of sp³-hybridized carbons (Fsp3) is 0.263. The summed E-state index contributed by atoms with van der Waals surface area (Å²) in [4.78, 5) is 17.2. The van der Waals surface area contributed by atoms with Crippen molar-refractivity contribution in [2.75, 3.05) is 13.4 Å². The van der Waals surface area contributed by atoms with Crippen LogP contribution < -0.4 is 9.47 Å². The van der Waals surface area contributed by atoms with E-state index in [1.807, 2.05) is 25.1 Å². The van der Waals surface area contributed by atoms with Crippen molar-refractivity contribution in [3.63, 3.8) is 0 Å². The number of fused-ring (bicyclic) bond motifs is 3. The molecule has 1 fully saturated rings. The summed E-state index contributed by atoms with van der Waals surface area (Å²) >= 11 is 0. The zero-order valence-electron chi connectivity index (χ0n) is 13.5. The summed E-state index contributed by atoms with van der Waals surface area (Å²) < 4.78 is 16.3. The number of aliphatic imine (C=N–C) groups is 1. The third-order valence-electron chi connectivity index (χ3n) is 5.27. The molecule has 3 heterocycles. The second-order valence-corrected chi connectivity index (χ2v) is 6.62. The Balaban J connectivity index is 1.81. The van der Waals surface area contributed by atoms with Gasteiger partial charge in [0.05, 0.1) is 11.4 Å². The molecule has 2 aromatic carbocycles. The van der Waals surface area contributed by atoms with Gasteiger partial charge in [-0.05, 0) is 29.3 Å². The van der Waals surface area contributed by atoms with Crippen LogP contribution in [0.3, 0.4) is 0 Å². The van der Waals surface area contributed by atoms with E-state index in [-0.39, 0.29) is 25.1 Å². The first-order valence-electron chi connectivity index (χ1n) is 8.05. The lowest BCUT2D eigenvalue weighted by Gasteiger charge is -2.38. The predicted octanol–water partition coefficient (Wildman–Crippen LogP) is 2.69. The molecule has 0 spiro atoms. The van der Waals surface area contributed by atoms with Gasteiger partial charge in [0.15, 0.2) is 11.5 Å². The summed E-state index contributed by atoms with van der Waals surface area (Å²) in [6, 6.07) is 10.7. The Kier molecular flexibility index (Phi) is 2.72. The topological polar surface area (TPSA) is 77.4 Å². The highest BCUT2D eigenvalue weighted by Crippen LogP contribution is 2.53. The van der Waals surface area contributed by atoms with Crippen LogP contribution in [0, 0.1) is 5.92 Å². The summed E-state index contributed by atoms with van der Waals surface area (Å²) in [5.41, 5.74) is 2.39. The molecule has 0 aliphatic carbocycles. The quantitative estimate of drug-likeness (QED) is 0.810. The average molecular weight is 337 g/mol. The van der Waals surface area contributed by atoms with E-state index in [4.69, 9.17) is 14.2 Å². The summed E-state index contributed by atoms with van der Waals surface area (Å²) in [5.74, 6) is 0.603. The smallest absolute Gasteiger partial charge is 0.316 e. The number of esters is 1. The highest BCUT2D eigenvalue weighted by Gasteiger charge is 2.53. The van der Waals surface area contributed by atoms with Crippen LogP contribution in [0.25, 0.3) is 0 Å². The fourth-order valence-corrected chi connectivity index (χ4v) is 4.01. The van der Waals surface area contributed by atoms with E-state index < -0.39 is 11.3 Å². The van der Waals surface area contributed by atoms with Crippen LogP contribution in [0.1, 0.15) is 18.1 Å². The zero-order chi connectivity index (χ0) is 17.2. The van der Waals surface area contributed by atoms with E-state index in [1.54, 1.807) is 18.2 Å². The molecule has 25 heavy (non-hydrogen) atoms. The van der Waals surface area contributed by atoms with Crippen LogP contribution >= 0.6 is 0 Å². The maximum absolute atomic E-state index is 12.5. The minimum atomic E-state index is -0.722. The highest BCUT2D eigenvalue weighted by molar-refractivity contribution is 6.12. The molecule has 2 atom stereocenters. The summed E-state index contributed by atoms with van der Waals surface area (Å²) in [7, 11) is 0. The summed E-state index contributed by atoms with van der Waals surface area (Å²) in [6.45, 7) is 2.34. The molecule has 0 bridgehead atoms. The molecule has 126 valence electrons. The van der Waals surface area contributed by atoms with Crippen LogP contribution in [-0.4, -0.2) is 30.2 Å². The number of rotatable bonds is 1. The van der Waals surface area contributed by atoms with Crippen molar-refractivity contribution < 1.29 is 24.1 Å². The molecule has 2 aromatic rings. The molecule has 0 saturated carbocycles. The molecule has 1 N–H and O–H groups in total. The van der Waals surface area contributed by atoms with Crippen molar-refractivity contribution in [1.29, 1.82) is 0 Å². The van der Waals surface area contributed by atoms with Crippen LogP contribution in [0.15, 0.2) is 41.4 Å². The largest absolute Gasteiger partial charge is 0.508 e. The van der Waals surface area contributed by atoms with Crippen molar-refractivity contribution in [3.8, 4) is 17.2 Å². The van der Waals surface area contributed by atoms with Gasteiger partial charge in [-0.15, -0.1) is 0 Å². The van der Waals surface area contributed by atoms with Gasteiger partial charge in [0.25, 0.3) is 0 Å². The van der Waals surface area contributed by atoms with E-state index in [1.165, 1.54) is 0 Å². The van der Waals surface area contributed by atoms with E-state index in [2.05, 4.69) is 4.99 Å². The monoisotopic (exact) mass is 337 g/mol. The average Bonchev–Trinajstić information content (AvgIpc) is 3.20. The molecule has 6 heteroatoms. The van der Waals surface area contributed by atoms with E-state index >= 15 is 0 Å². The number of hydrogen-bond acceptors (Lipinski definition) is 6. The van der Waals surface area contributed by atoms with Crippen LogP contribution in [0.2, 0.25) is 0 Å². The fourth-order valence-electron chi connectivity index (χ4n) is 4.01. The number of phenolic OH excluding ortho intramolecular Hbond substituents is 1.